The van der Waals surface area contributed by atoms with Gasteiger partial charge in [0, 0.05) is 11.4 Å². The summed E-state index contributed by atoms with van der Waals surface area (Å²) in [6.07, 6.45) is -0.341. The zero-order valence-electron chi connectivity index (χ0n) is 13.3. The molecule has 0 bridgehead atoms. The van der Waals surface area contributed by atoms with Gasteiger partial charge in [0.2, 0.25) is 0 Å². The Morgan fingerprint density at radius 2 is 1.96 bits per heavy atom. The highest BCUT2D eigenvalue weighted by molar-refractivity contribution is 6.31. The zero-order valence-corrected chi connectivity index (χ0v) is 14.9. The Morgan fingerprint density at radius 1 is 1.20 bits per heavy atom. The maximum Gasteiger partial charge on any atom is 0.156 e. The highest BCUT2D eigenvalue weighted by Gasteiger charge is 2.46. The number of nitrogens with one attached hydrogen (secondary N) is 1. The van der Waals surface area contributed by atoms with E-state index in [1.807, 2.05) is 24.3 Å². The highest BCUT2D eigenvalue weighted by Crippen LogP contribution is 2.34. The van der Waals surface area contributed by atoms with Crippen LogP contribution in [0.25, 0.3) is 0 Å². The topological polar surface area (TPSA) is 98.6 Å². The summed E-state index contributed by atoms with van der Waals surface area (Å²) in [5, 5.41) is 30.1. The minimum Gasteiger partial charge on any atom is -0.387 e. The standard InChI is InChI=1S/C17H20Cl2N2O4/c18-10-6-2-1-4-9(10)5-3-7-12-20-8-11(21-12)15-13(22)14(23)16(25-15)17(19)24/h1-2,4,6,8,13-17,22-24H,3,5,7H2,(H,20,21)/t13-,14+,15+,16+,17?/m1/s1. The molecule has 3 rings (SSSR count). The highest BCUT2D eigenvalue weighted by atomic mass is 35.5. The number of aryl methyl sites for hydroxylation is 2. The number of hydrogen-bond acceptors (Lipinski definition) is 5. The van der Waals surface area contributed by atoms with Gasteiger partial charge in [0.15, 0.2) is 5.56 Å². The molecule has 1 aromatic heterocycles. The van der Waals surface area contributed by atoms with E-state index in [4.69, 9.17) is 27.9 Å². The van der Waals surface area contributed by atoms with Crippen LogP contribution in [0.5, 0.6) is 0 Å². The van der Waals surface area contributed by atoms with Gasteiger partial charge < -0.3 is 25.0 Å². The molecule has 0 saturated carbocycles. The van der Waals surface area contributed by atoms with Gasteiger partial charge in [-0.3, -0.25) is 0 Å². The van der Waals surface area contributed by atoms with Crippen molar-refractivity contribution in [3.8, 4) is 0 Å². The lowest BCUT2D eigenvalue weighted by atomic mass is 10.1. The molecule has 0 aliphatic carbocycles. The van der Waals surface area contributed by atoms with E-state index >= 15 is 0 Å². The van der Waals surface area contributed by atoms with Gasteiger partial charge in [-0.2, -0.15) is 0 Å². The van der Waals surface area contributed by atoms with Crippen molar-refractivity contribution in [2.45, 2.75) is 49.2 Å². The van der Waals surface area contributed by atoms with Crippen LogP contribution in [0.3, 0.4) is 0 Å². The number of aliphatic hydroxyl groups excluding tert-OH is 3. The van der Waals surface area contributed by atoms with Crippen LogP contribution in [0.4, 0.5) is 0 Å². The summed E-state index contributed by atoms with van der Waals surface area (Å²) in [7, 11) is 0. The van der Waals surface area contributed by atoms with E-state index in [-0.39, 0.29) is 0 Å². The van der Waals surface area contributed by atoms with Gasteiger partial charge in [-0.15, -0.1) is 0 Å². The minimum atomic E-state index is -1.40. The number of alkyl halides is 1. The van der Waals surface area contributed by atoms with Crippen molar-refractivity contribution in [3.05, 3.63) is 52.6 Å². The average Bonchev–Trinajstić information content (AvgIpc) is 3.15. The molecule has 1 aliphatic rings. The Hall–Kier alpha value is -1.15. The molecule has 1 aromatic carbocycles. The van der Waals surface area contributed by atoms with Gasteiger partial charge in [0.05, 0.1) is 11.9 Å². The van der Waals surface area contributed by atoms with Crippen molar-refractivity contribution in [2.75, 3.05) is 0 Å². The SMILES string of the molecule is OC(Cl)[C@H]1O[C@@H](c2cnc(CCCc3ccccc3Cl)[nH]2)[C@H](O)[C@@H]1O. The number of imidazole rings is 1. The molecule has 1 aliphatic heterocycles. The Kier molecular flexibility index (Phi) is 5.99. The molecule has 8 heteroatoms. The zero-order chi connectivity index (χ0) is 18.0. The van der Waals surface area contributed by atoms with Crippen LogP contribution >= 0.6 is 23.2 Å². The fourth-order valence-corrected chi connectivity index (χ4v) is 3.42. The molecule has 1 fully saturated rings. The number of hydrogen-bond donors (Lipinski definition) is 4. The number of aromatic nitrogens is 2. The van der Waals surface area contributed by atoms with Crippen molar-refractivity contribution < 1.29 is 20.1 Å². The second-order valence-corrected chi connectivity index (χ2v) is 6.96. The molecule has 6 nitrogen and oxygen atoms in total. The molecule has 5 atom stereocenters. The second kappa shape index (κ2) is 8.03. The molecule has 1 saturated heterocycles. The lowest BCUT2D eigenvalue weighted by Gasteiger charge is -2.14. The third-order valence-corrected chi connectivity index (χ3v) is 4.96. The molecule has 0 spiro atoms. The van der Waals surface area contributed by atoms with Crippen molar-refractivity contribution in [1.29, 1.82) is 0 Å². The van der Waals surface area contributed by atoms with Gasteiger partial charge in [-0.05, 0) is 24.5 Å². The van der Waals surface area contributed by atoms with Crippen molar-refractivity contribution in [1.82, 2.24) is 9.97 Å². The van der Waals surface area contributed by atoms with E-state index in [0.29, 0.717) is 12.1 Å². The van der Waals surface area contributed by atoms with Crippen LogP contribution < -0.4 is 0 Å². The molecule has 1 unspecified atom stereocenters. The van der Waals surface area contributed by atoms with E-state index in [2.05, 4.69) is 9.97 Å². The van der Waals surface area contributed by atoms with E-state index in [1.165, 1.54) is 0 Å². The third-order valence-electron chi connectivity index (χ3n) is 4.34. The number of nitrogens with zero attached hydrogens (tertiary/aromatic N) is 1. The van der Waals surface area contributed by atoms with Gasteiger partial charge in [0.25, 0.3) is 0 Å². The quantitative estimate of drug-likeness (QED) is 0.568. The van der Waals surface area contributed by atoms with Crippen LogP contribution in [0.2, 0.25) is 5.02 Å². The molecule has 0 amide bonds. The first-order valence-corrected chi connectivity index (χ1v) is 8.89. The predicted molar refractivity (Wildman–Crippen MR) is 93.6 cm³/mol. The van der Waals surface area contributed by atoms with E-state index in [0.717, 1.165) is 29.3 Å². The normalized spacial score (nSPS) is 27.6. The summed E-state index contributed by atoms with van der Waals surface area (Å²) in [5.74, 6) is 0.752. The van der Waals surface area contributed by atoms with E-state index in [9.17, 15) is 15.3 Å². The van der Waals surface area contributed by atoms with Crippen molar-refractivity contribution in [2.24, 2.45) is 0 Å². The Balaban J connectivity index is 1.58. The lowest BCUT2D eigenvalue weighted by molar-refractivity contribution is -0.0383. The smallest absolute Gasteiger partial charge is 0.156 e. The van der Waals surface area contributed by atoms with Crippen LogP contribution in [0, 0.1) is 0 Å². The summed E-state index contributed by atoms with van der Waals surface area (Å²) < 4.78 is 5.47. The third kappa shape index (κ3) is 4.16. The van der Waals surface area contributed by atoms with E-state index in [1.54, 1.807) is 6.20 Å². The first-order valence-electron chi connectivity index (χ1n) is 8.08. The summed E-state index contributed by atoms with van der Waals surface area (Å²) >= 11 is 11.7. The second-order valence-electron chi connectivity index (χ2n) is 6.11. The van der Waals surface area contributed by atoms with Gasteiger partial charge >= 0.3 is 0 Å². The monoisotopic (exact) mass is 386 g/mol. The number of ether oxygens (including phenoxy) is 1. The first-order chi connectivity index (χ1) is 12.0. The van der Waals surface area contributed by atoms with Crippen LogP contribution in [0.15, 0.2) is 30.5 Å². The molecular formula is C17H20Cl2N2O4. The maximum absolute atomic E-state index is 10.1. The Bertz CT molecular complexity index is 709. The molecule has 4 N–H and O–H groups in total. The number of H-pyrrole nitrogens is 1. The summed E-state index contributed by atoms with van der Waals surface area (Å²) in [4.78, 5) is 7.39. The van der Waals surface area contributed by atoms with Crippen molar-refractivity contribution in [3.63, 3.8) is 0 Å². The summed E-state index contributed by atoms with van der Waals surface area (Å²) in [5.41, 5.74) is 0.235. The Labute approximate surface area is 155 Å². The number of rotatable bonds is 6. The Morgan fingerprint density at radius 3 is 2.64 bits per heavy atom. The molecule has 0 radical (unpaired) electrons. The summed E-state index contributed by atoms with van der Waals surface area (Å²) in [6.45, 7) is 0. The summed E-state index contributed by atoms with van der Waals surface area (Å²) in [6, 6.07) is 7.72. The lowest BCUT2D eigenvalue weighted by Crippen LogP contribution is -2.35. The molecule has 25 heavy (non-hydrogen) atoms. The minimum absolute atomic E-state index is 0.541. The van der Waals surface area contributed by atoms with Crippen LogP contribution in [-0.2, 0) is 17.6 Å². The average molecular weight is 387 g/mol. The van der Waals surface area contributed by atoms with Crippen molar-refractivity contribution >= 4 is 23.2 Å². The molecule has 2 heterocycles. The predicted octanol–water partition coefficient (Wildman–Crippen LogP) is 1.96. The fourth-order valence-electron chi connectivity index (χ4n) is 2.99. The number of benzene rings is 1. The number of halogens is 2. The van der Waals surface area contributed by atoms with Gasteiger partial charge in [-0.1, -0.05) is 41.4 Å². The first kappa shape index (κ1) is 18.6. The number of aromatic amines is 1. The van der Waals surface area contributed by atoms with Gasteiger partial charge in [0.1, 0.15) is 30.2 Å². The van der Waals surface area contributed by atoms with Crippen LogP contribution in [-0.4, -0.2) is 49.2 Å². The van der Waals surface area contributed by atoms with Crippen LogP contribution in [0.1, 0.15) is 29.6 Å². The van der Waals surface area contributed by atoms with Gasteiger partial charge in [-0.25, -0.2) is 4.98 Å². The maximum atomic E-state index is 10.1. The molecule has 2 aromatic rings. The van der Waals surface area contributed by atoms with E-state index < -0.39 is 30.0 Å². The largest absolute Gasteiger partial charge is 0.387 e. The molecular weight excluding hydrogens is 367 g/mol. The molecule has 136 valence electrons. The number of aliphatic hydroxyl groups is 3. The fraction of sp³-hybridized carbons (Fsp3) is 0.471.